The fourth-order valence-electron chi connectivity index (χ4n) is 1.78. The van der Waals surface area contributed by atoms with Crippen molar-refractivity contribution in [3.8, 4) is 0 Å². The van der Waals surface area contributed by atoms with Gasteiger partial charge in [-0.15, -0.1) is 0 Å². The van der Waals surface area contributed by atoms with Crippen molar-refractivity contribution in [1.29, 1.82) is 0 Å². The van der Waals surface area contributed by atoms with Crippen LogP contribution in [0.4, 0.5) is 0 Å². The summed E-state index contributed by atoms with van der Waals surface area (Å²) in [7, 11) is 0. The van der Waals surface area contributed by atoms with Gasteiger partial charge in [0, 0.05) is 31.5 Å². The second kappa shape index (κ2) is 7.50. The van der Waals surface area contributed by atoms with Gasteiger partial charge in [0.15, 0.2) is 0 Å². The lowest BCUT2D eigenvalue weighted by Gasteiger charge is -2.06. The topological polar surface area (TPSA) is 17.0 Å². The molecule has 0 fully saturated rings. The molecule has 0 saturated heterocycles. The van der Waals surface area contributed by atoms with Crippen molar-refractivity contribution in [2.24, 2.45) is 0 Å². The molecule has 0 aliphatic carbocycles. The van der Waals surface area contributed by atoms with Crippen LogP contribution in [-0.4, -0.2) is 10.6 Å². The monoisotopic (exact) mass is 222 g/mol. The summed E-state index contributed by atoms with van der Waals surface area (Å²) in [6.45, 7) is 8.77. The Balaban J connectivity index is 2.22. The quantitative estimate of drug-likeness (QED) is 0.665. The molecule has 0 aliphatic rings. The van der Waals surface area contributed by atoms with Crippen LogP contribution in [0.15, 0.2) is 18.5 Å². The number of nitrogens with zero attached hydrogens (tertiary/aromatic N) is 1. The van der Waals surface area contributed by atoms with Crippen molar-refractivity contribution in [3.63, 3.8) is 0 Å². The molecule has 0 unspecified atom stereocenters. The zero-order chi connectivity index (χ0) is 11.8. The molecule has 0 atom stereocenters. The number of unbranched alkanes of at least 4 members (excludes halogenated alkanes) is 3. The third-order valence-corrected chi connectivity index (χ3v) is 2.80. The summed E-state index contributed by atoms with van der Waals surface area (Å²) in [5, 5.41) is 3.44. The molecule has 0 bridgehead atoms. The van der Waals surface area contributed by atoms with Gasteiger partial charge in [-0.1, -0.05) is 40.0 Å². The fraction of sp³-hybridized carbons (Fsp3) is 0.714. The Hall–Kier alpha value is -0.760. The molecule has 1 rings (SSSR count). The predicted molar refractivity (Wildman–Crippen MR) is 70.5 cm³/mol. The average Bonchev–Trinajstić information content (AvgIpc) is 2.70. The highest BCUT2D eigenvalue weighted by Crippen LogP contribution is 2.05. The SMILES string of the molecule is CCCCCCn1ccc(CNC(C)C)c1. The molecular formula is C14H26N2. The summed E-state index contributed by atoms with van der Waals surface area (Å²) >= 11 is 0. The van der Waals surface area contributed by atoms with E-state index in [1.807, 2.05) is 0 Å². The Kier molecular flexibility index (Phi) is 6.24. The number of nitrogens with one attached hydrogen (secondary N) is 1. The maximum absolute atomic E-state index is 3.44. The number of hydrogen-bond acceptors (Lipinski definition) is 1. The first-order valence-electron chi connectivity index (χ1n) is 6.60. The molecule has 0 saturated carbocycles. The molecule has 0 aliphatic heterocycles. The lowest BCUT2D eigenvalue weighted by Crippen LogP contribution is -2.21. The van der Waals surface area contributed by atoms with Crippen LogP contribution in [0.5, 0.6) is 0 Å². The van der Waals surface area contributed by atoms with Crippen molar-refractivity contribution in [1.82, 2.24) is 9.88 Å². The predicted octanol–water partition coefficient (Wildman–Crippen LogP) is 3.57. The number of hydrogen-bond donors (Lipinski definition) is 1. The van der Waals surface area contributed by atoms with E-state index in [9.17, 15) is 0 Å². The van der Waals surface area contributed by atoms with E-state index in [-0.39, 0.29) is 0 Å². The van der Waals surface area contributed by atoms with Crippen LogP contribution >= 0.6 is 0 Å². The van der Waals surface area contributed by atoms with Crippen molar-refractivity contribution < 1.29 is 0 Å². The van der Waals surface area contributed by atoms with Gasteiger partial charge in [-0.05, 0) is 18.1 Å². The minimum absolute atomic E-state index is 0.563. The second-order valence-corrected chi connectivity index (χ2v) is 4.85. The Labute approximate surface area is 100 Å². The molecule has 2 heteroatoms. The highest BCUT2D eigenvalue weighted by molar-refractivity contribution is 5.09. The summed E-state index contributed by atoms with van der Waals surface area (Å²) in [5.74, 6) is 0. The van der Waals surface area contributed by atoms with E-state index in [0.29, 0.717) is 6.04 Å². The Morgan fingerprint density at radius 1 is 1.25 bits per heavy atom. The number of rotatable bonds is 8. The Morgan fingerprint density at radius 3 is 2.75 bits per heavy atom. The number of aryl methyl sites for hydroxylation is 1. The molecule has 0 spiro atoms. The zero-order valence-corrected chi connectivity index (χ0v) is 11.0. The smallest absolute Gasteiger partial charge is 0.0222 e. The normalized spacial score (nSPS) is 11.2. The summed E-state index contributed by atoms with van der Waals surface area (Å²) in [5.41, 5.74) is 1.39. The van der Waals surface area contributed by atoms with E-state index in [0.717, 1.165) is 6.54 Å². The van der Waals surface area contributed by atoms with Crippen LogP contribution in [0.2, 0.25) is 0 Å². The Bertz CT molecular complexity index is 276. The molecule has 1 aromatic rings. The second-order valence-electron chi connectivity index (χ2n) is 4.85. The highest BCUT2D eigenvalue weighted by atomic mass is 14.9. The van der Waals surface area contributed by atoms with Gasteiger partial charge in [-0.3, -0.25) is 0 Å². The van der Waals surface area contributed by atoms with Gasteiger partial charge in [0.2, 0.25) is 0 Å². The molecule has 92 valence electrons. The average molecular weight is 222 g/mol. The Morgan fingerprint density at radius 2 is 2.06 bits per heavy atom. The molecule has 1 heterocycles. The van der Waals surface area contributed by atoms with Crippen molar-refractivity contribution in [2.75, 3.05) is 0 Å². The minimum atomic E-state index is 0.563. The van der Waals surface area contributed by atoms with Gasteiger partial charge in [-0.25, -0.2) is 0 Å². The molecule has 1 N–H and O–H groups in total. The number of aromatic nitrogens is 1. The van der Waals surface area contributed by atoms with Gasteiger partial charge >= 0.3 is 0 Å². The van der Waals surface area contributed by atoms with Gasteiger partial charge in [0.05, 0.1) is 0 Å². The van der Waals surface area contributed by atoms with E-state index in [1.54, 1.807) is 0 Å². The first-order valence-corrected chi connectivity index (χ1v) is 6.60. The van der Waals surface area contributed by atoms with Crippen molar-refractivity contribution >= 4 is 0 Å². The van der Waals surface area contributed by atoms with E-state index in [2.05, 4.69) is 49.1 Å². The van der Waals surface area contributed by atoms with Gasteiger partial charge in [-0.2, -0.15) is 0 Å². The van der Waals surface area contributed by atoms with E-state index in [1.165, 1.54) is 37.8 Å². The van der Waals surface area contributed by atoms with Crippen LogP contribution in [0, 0.1) is 0 Å². The van der Waals surface area contributed by atoms with Gasteiger partial charge < -0.3 is 9.88 Å². The van der Waals surface area contributed by atoms with E-state index < -0.39 is 0 Å². The van der Waals surface area contributed by atoms with Crippen molar-refractivity contribution in [3.05, 3.63) is 24.0 Å². The van der Waals surface area contributed by atoms with Crippen LogP contribution in [0.1, 0.15) is 52.0 Å². The first kappa shape index (κ1) is 13.3. The molecule has 0 radical (unpaired) electrons. The maximum Gasteiger partial charge on any atom is 0.0222 e. The highest BCUT2D eigenvalue weighted by Gasteiger charge is 1.98. The largest absolute Gasteiger partial charge is 0.354 e. The van der Waals surface area contributed by atoms with Gasteiger partial charge in [0.1, 0.15) is 0 Å². The molecule has 0 aromatic carbocycles. The molecule has 0 amide bonds. The lowest BCUT2D eigenvalue weighted by atomic mass is 10.2. The zero-order valence-electron chi connectivity index (χ0n) is 11.0. The first-order chi connectivity index (χ1) is 7.72. The van der Waals surface area contributed by atoms with Crippen LogP contribution in [0.25, 0.3) is 0 Å². The van der Waals surface area contributed by atoms with Crippen LogP contribution < -0.4 is 5.32 Å². The summed E-state index contributed by atoms with van der Waals surface area (Å²) in [4.78, 5) is 0. The molecule has 2 nitrogen and oxygen atoms in total. The van der Waals surface area contributed by atoms with Gasteiger partial charge in [0.25, 0.3) is 0 Å². The lowest BCUT2D eigenvalue weighted by molar-refractivity contribution is 0.575. The molecule has 16 heavy (non-hydrogen) atoms. The molecule has 1 aromatic heterocycles. The summed E-state index contributed by atoms with van der Waals surface area (Å²) in [6, 6.07) is 2.78. The third-order valence-electron chi connectivity index (χ3n) is 2.80. The van der Waals surface area contributed by atoms with Crippen molar-refractivity contribution in [2.45, 2.75) is 65.6 Å². The van der Waals surface area contributed by atoms with Crippen LogP contribution in [-0.2, 0) is 13.1 Å². The van der Waals surface area contributed by atoms with E-state index >= 15 is 0 Å². The minimum Gasteiger partial charge on any atom is -0.354 e. The maximum atomic E-state index is 3.44. The van der Waals surface area contributed by atoms with E-state index in [4.69, 9.17) is 0 Å². The fourth-order valence-corrected chi connectivity index (χ4v) is 1.78. The third kappa shape index (κ3) is 5.36. The summed E-state index contributed by atoms with van der Waals surface area (Å²) in [6.07, 6.45) is 9.80. The van der Waals surface area contributed by atoms with Crippen LogP contribution in [0.3, 0.4) is 0 Å². The molecular weight excluding hydrogens is 196 g/mol. The standard InChI is InChI=1S/C14H26N2/c1-4-5-6-7-9-16-10-8-14(12-16)11-15-13(2)3/h8,10,12-13,15H,4-7,9,11H2,1-3H3. The summed E-state index contributed by atoms with van der Waals surface area (Å²) < 4.78 is 2.31.